The molecule has 0 bridgehead atoms. The summed E-state index contributed by atoms with van der Waals surface area (Å²) in [6.45, 7) is 0.00999. The van der Waals surface area contributed by atoms with E-state index in [-0.39, 0.29) is 23.6 Å². The van der Waals surface area contributed by atoms with Crippen molar-refractivity contribution in [1.29, 1.82) is 0 Å². The van der Waals surface area contributed by atoms with Crippen molar-refractivity contribution in [3.63, 3.8) is 0 Å². The number of terminal acetylenes is 1. The number of barbiturate groups is 1. The third-order valence-corrected chi connectivity index (χ3v) is 4.29. The van der Waals surface area contributed by atoms with Crippen molar-refractivity contribution in [2.45, 2.75) is 0 Å². The number of anilines is 1. The molecular formula is C20H13BrN2O5. The Labute approximate surface area is 168 Å². The molecule has 0 aromatic heterocycles. The van der Waals surface area contributed by atoms with Gasteiger partial charge >= 0.3 is 6.03 Å². The molecule has 8 heteroatoms. The van der Waals surface area contributed by atoms with Gasteiger partial charge in [0, 0.05) is 10.0 Å². The average molecular weight is 441 g/mol. The SMILES string of the molecule is C#CCOc1ccc(Br)cc1/C=C1\C(=O)NC(=O)N(c2ccc(O)cc2)C1=O. The highest BCUT2D eigenvalue weighted by atomic mass is 79.9. The minimum atomic E-state index is -0.879. The number of hydrogen-bond donors (Lipinski definition) is 2. The van der Waals surface area contributed by atoms with E-state index in [2.05, 4.69) is 27.2 Å². The van der Waals surface area contributed by atoms with Crippen LogP contribution in [0.15, 0.2) is 52.5 Å². The zero-order valence-electron chi connectivity index (χ0n) is 14.3. The molecule has 1 heterocycles. The van der Waals surface area contributed by atoms with Gasteiger partial charge in [-0.2, -0.15) is 0 Å². The van der Waals surface area contributed by atoms with Crippen LogP contribution in [-0.4, -0.2) is 29.6 Å². The lowest BCUT2D eigenvalue weighted by molar-refractivity contribution is -0.122. The normalized spacial score (nSPS) is 15.4. The Hall–Kier alpha value is -3.57. The van der Waals surface area contributed by atoms with Gasteiger partial charge < -0.3 is 9.84 Å². The van der Waals surface area contributed by atoms with Crippen molar-refractivity contribution >= 4 is 45.5 Å². The number of hydrogen-bond acceptors (Lipinski definition) is 5. The Morgan fingerprint density at radius 2 is 1.89 bits per heavy atom. The molecule has 0 aliphatic carbocycles. The summed E-state index contributed by atoms with van der Waals surface area (Å²) in [6, 6.07) is 9.58. The number of nitrogens with one attached hydrogen (secondary N) is 1. The molecule has 28 heavy (non-hydrogen) atoms. The monoisotopic (exact) mass is 440 g/mol. The lowest BCUT2D eigenvalue weighted by atomic mass is 10.1. The predicted molar refractivity (Wildman–Crippen MR) is 106 cm³/mol. The maximum atomic E-state index is 12.9. The molecule has 2 N–H and O–H groups in total. The second-order valence-corrected chi connectivity index (χ2v) is 6.56. The smallest absolute Gasteiger partial charge is 0.335 e. The number of carbonyl (C=O) groups excluding carboxylic acids is 3. The van der Waals surface area contributed by atoms with E-state index in [4.69, 9.17) is 11.2 Å². The fraction of sp³-hybridized carbons (Fsp3) is 0.0500. The molecule has 1 saturated heterocycles. The van der Waals surface area contributed by atoms with Gasteiger partial charge in [-0.05, 0) is 48.5 Å². The number of carbonyl (C=O) groups is 3. The molecule has 0 atom stereocenters. The topological polar surface area (TPSA) is 95.9 Å². The van der Waals surface area contributed by atoms with Gasteiger partial charge in [0.1, 0.15) is 23.7 Å². The molecule has 0 radical (unpaired) electrons. The van der Waals surface area contributed by atoms with E-state index < -0.39 is 17.8 Å². The third-order valence-electron chi connectivity index (χ3n) is 3.79. The molecule has 140 valence electrons. The van der Waals surface area contributed by atoms with Gasteiger partial charge in [-0.25, -0.2) is 9.69 Å². The Morgan fingerprint density at radius 1 is 1.18 bits per heavy atom. The van der Waals surface area contributed by atoms with Crippen molar-refractivity contribution in [2.24, 2.45) is 0 Å². The lowest BCUT2D eigenvalue weighted by Gasteiger charge is -2.26. The lowest BCUT2D eigenvalue weighted by Crippen LogP contribution is -2.54. The van der Waals surface area contributed by atoms with E-state index >= 15 is 0 Å². The molecular weight excluding hydrogens is 428 g/mol. The highest BCUT2D eigenvalue weighted by Crippen LogP contribution is 2.28. The molecule has 1 fully saturated rings. The summed E-state index contributed by atoms with van der Waals surface area (Å²) in [6.07, 6.45) is 6.54. The summed E-state index contributed by atoms with van der Waals surface area (Å²) in [4.78, 5) is 38.2. The fourth-order valence-electron chi connectivity index (χ4n) is 2.53. The zero-order chi connectivity index (χ0) is 20.3. The Balaban J connectivity index is 2.03. The van der Waals surface area contributed by atoms with Crippen LogP contribution < -0.4 is 15.0 Å². The van der Waals surface area contributed by atoms with Crippen LogP contribution in [0.25, 0.3) is 6.08 Å². The zero-order valence-corrected chi connectivity index (χ0v) is 15.9. The van der Waals surface area contributed by atoms with Gasteiger partial charge in [-0.15, -0.1) is 6.42 Å². The molecule has 0 unspecified atom stereocenters. The van der Waals surface area contributed by atoms with Crippen molar-refractivity contribution in [3.05, 3.63) is 58.1 Å². The maximum Gasteiger partial charge on any atom is 0.335 e. The first-order chi connectivity index (χ1) is 13.4. The predicted octanol–water partition coefficient (Wildman–Crippen LogP) is 2.83. The van der Waals surface area contributed by atoms with Crippen LogP contribution in [-0.2, 0) is 9.59 Å². The standard InChI is InChI=1S/C20H13BrN2O5/c1-2-9-28-17-8-3-13(21)10-12(17)11-16-18(25)22-20(27)23(19(16)26)14-4-6-15(24)7-5-14/h1,3-8,10-11,24H,9H2,(H,22,25,27)/b16-11+. The van der Waals surface area contributed by atoms with Gasteiger partial charge in [-0.3, -0.25) is 14.9 Å². The number of rotatable bonds is 4. The van der Waals surface area contributed by atoms with Crippen LogP contribution in [0.5, 0.6) is 11.5 Å². The number of benzene rings is 2. The van der Waals surface area contributed by atoms with Crippen LogP contribution in [0.4, 0.5) is 10.5 Å². The summed E-state index contributed by atoms with van der Waals surface area (Å²) in [5.41, 5.74) is 0.385. The molecule has 0 spiro atoms. The Bertz CT molecular complexity index is 1040. The number of nitrogens with zero attached hydrogens (tertiary/aromatic N) is 1. The quantitative estimate of drug-likeness (QED) is 0.432. The van der Waals surface area contributed by atoms with Crippen molar-refractivity contribution in [1.82, 2.24) is 5.32 Å². The Morgan fingerprint density at radius 3 is 2.57 bits per heavy atom. The van der Waals surface area contributed by atoms with E-state index in [9.17, 15) is 19.5 Å². The summed E-state index contributed by atoms with van der Waals surface area (Å²) in [5, 5.41) is 11.5. The van der Waals surface area contributed by atoms with E-state index in [0.29, 0.717) is 15.8 Å². The average Bonchev–Trinajstić information content (AvgIpc) is 2.66. The van der Waals surface area contributed by atoms with Gasteiger partial charge in [0.25, 0.3) is 11.8 Å². The van der Waals surface area contributed by atoms with E-state index in [1.165, 1.54) is 30.3 Å². The van der Waals surface area contributed by atoms with Crippen LogP contribution in [0.2, 0.25) is 0 Å². The van der Waals surface area contributed by atoms with Crippen LogP contribution in [0.3, 0.4) is 0 Å². The number of aromatic hydroxyl groups is 1. The van der Waals surface area contributed by atoms with Gasteiger partial charge in [-0.1, -0.05) is 21.9 Å². The van der Waals surface area contributed by atoms with E-state index in [1.807, 2.05) is 0 Å². The largest absolute Gasteiger partial charge is 0.508 e. The first-order valence-corrected chi connectivity index (χ1v) is 8.76. The number of ether oxygens (including phenoxy) is 1. The van der Waals surface area contributed by atoms with Crippen molar-refractivity contribution < 1.29 is 24.2 Å². The van der Waals surface area contributed by atoms with Gasteiger partial charge in [0.05, 0.1) is 5.69 Å². The summed E-state index contributed by atoms with van der Waals surface area (Å²) >= 11 is 3.33. The van der Waals surface area contributed by atoms with Crippen LogP contribution in [0, 0.1) is 12.3 Å². The van der Waals surface area contributed by atoms with Crippen LogP contribution in [0.1, 0.15) is 5.56 Å². The highest BCUT2D eigenvalue weighted by molar-refractivity contribution is 9.10. The summed E-state index contributed by atoms with van der Waals surface area (Å²) in [5.74, 6) is 1.07. The maximum absolute atomic E-state index is 12.9. The molecule has 4 amide bonds. The van der Waals surface area contributed by atoms with Gasteiger partial charge in [0.2, 0.25) is 0 Å². The molecule has 1 aliphatic rings. The Kier molecular flexibility index (Phi) is 5.47. The van der Waals surface area contributed by atoms with Crippen molar-refractivity contribution in [3.8, 4) is 23.8 Å². The molecule has 7 nitrogen and oxygen atoms in total. The summed E-state index contributed by atoms with van der Waals surface area (Å²) in [7, 11) is 0. The van der Waals surface area contributed by atoms with E-state index in [0.717, 1.165) is 4.90 Å². The fourth-order valence-corrected chi connectivity index (χ4v) is 2.91. The number of imide groups is 2. The summed E-state index contributed by atoms with van der Waals surface area (Å²) < 4.78 is 6.14. The van der Waals surface area contributed by atoms with E-state index in [1.54, 1.807) is 18.2 Å². The molecule has 0 saturated carbocycles. The second kappa shape index (κ2) is 7.98. The first kappa shape index (κ1) is 19.2. The molecule has 1 aliphatic heterocycles. The number of phenols is 1. The number of halogens is 1. The molecule has 2 aromatic carbocycles. The van der Waals surface area contributed by atoms with Gasteiger partial charge in [0.15, 0.2) is 0 Å². The minimum Gasteiger partial charge on any atom is -0.508 e. The van der Waals surface area contributed by atoms with Crippen molar-refractivity contribution in [2.75, 3.05) is 11.5 Å². The van der Waals surface area contributed by atoms with Crippen LogP contribution >= 0.6 is 15.9 Å². The second-order valence-electron chi connectivity index (χ2n) is 5.65. The third kappa shape index (κ3) is 3.89. The molecule has 2 aromatic rings. The number of urea groups is 1. The first-order valence-electron chi connectivity index (χ1n) is 7.97. The number of phenolic OH excluding ortho intramolecular Hbond substituents is 1. The minimum absolute atomic E-state index is 0.00999. The highest BCUT2D eigenvalue weighted by Gasteiger charge is 2.37. The number of amides is 4. The molecule has 3 rings (SSSR count).